The number of aliphatic hydroxyl groups is 1. The van der Waals surface area contributed by atoms with Crippen LogP contribution in [-0.4, -0.2) is 63.2 Å². The van der Waals surface area contributed by atoms with Gasteiger partial charge in [-0.15, -0.1) is 0 Å². The average molecular weight is 245 g/mol. The lowest BCUT2D eigenvalue weighted by atomic mass is 9.95. The van der Waals surface area contributed by atoms with Gasteiger partial charge in [0.05, 0.1) is 6.61 Å². The molecule has 1 saturated heterocycles. The Morgan fingerprint density at radius 2 is 2.18 bits per heavy atom. The average Bonchev–Trinajstić information content (AvgIpc) is 2.35. The topological polar surface area (TPSA) is 41.9 Å². The zero-order valence-corrected chi connectivity index (χ0v) is 11.1. The minimum absolute atomic E-state index is 0.325. The van der Waals surface area contributed by atoms with Crippen molar-refractivity contribution in [1.82, 2.24) is 4.90 Å². The Hall–Kier alpha value is -0.160. The van der Waals surface area contributed by atoms with Gasteiger partial charge in [-0.1, -0.05) is 0 Å². The molecule has 0 aromatic rings. The van der Waals surface area contributed by atoms with Gasteiger partial charge in [-0.25, -0.2) is 0 Å². The van der Waals surface area contributed by atoms with Crippen molar-refractivity contribution in [1.29, 1.82) is 0 Å². The number of nitrogens with zero attached hydrogens (tertiary/aromatic N) is 1. The molecule has 1 rings (SSSR count). The van der Waals surface area contributed by atoms with Crippen LogP contribution in [0.1, 0.15) is 25.7 Å². The lowest BCUT2D eigenvalue weighted by molar-refractivity contribution is 0.0682. The minimum Gasteiger partial charge on any atom is -0.396 e. The van der Waals surface area contributed by atoms with E-state index in [4.69, 9.17) is 14.6 Å². The van der Waals surface area contributed by atoms with Gasteiger partial charge < -0.3 is 19.5 Å². The normalized spacial score (nSPS) is 21.9. The summed E-state index contributed by atoms with van der Waals surface area (Å²) in [7, 11) is 1.72. The summed E-state index contributed by atoms with van der Waals surface area (Å²) in [6.07, 6.45) is 4.45. The van der Waals surface area contributed by atoms with E-state index in [9.17, 15) is 0 Å². The standard InChI is InChI=1S/C13H27NO3/c1-16-9-3-10-17-11-7-14-6-2-4-13(12-14)5-8-15/h13,15H,2-12H2,1H3. The Kier molecular flexibility index (Phi) is 8.61. The zero-order chi connectivity index (χ0) is 12.3. The molecule has 4 nitrogen and oxygen atoms in total. The second-order valence-corrected chi connectivity index (χ2v) is 4.78. The Morgan fingerprint density at radius 3 is 2.94 bits per heavy atom. The second kappa shape index (κ2) is 9.83. The van der Waals surface area contributed by atoms with E-state index < -0.39 is 0 Å². The third-order valence-corrected chi connectivity index (χ3v) is 3.33. The summed E-state index contributed by atoms with van der Waals surface area (Å²) in [6.45, 7) is 6.05. The largest absolute Gasteiger partial charge is 0.396 e. The molecule has 1 N–H and O–H groups in total. The van der Waals surface area contributed by atoms with Crippen LogP contribution in [0.15, 0.2) is 0 Å². The summed E-state index contributed by atoms with van der Waals surface area (Å²) < 4.78 is 10.5. The van der Waals surface area contributed by atoms with Gasteiger partial charge in [0.1, 0.15) is 0 Å². The van der Waals surface area contributed by atoms with Crippen LogP contribution in [0.5, 0.6) is 0 Å². The van der Waals surface area contributed by atoms with Gasteiger partial charge >= 0.3 is 0 Å². The maximum absolute atomic E-state index is 8.95. The lowest BCUT2D eigenvalue weighted by Gasteiger charge is -2.32. The number of aliphatic hydroxyl groups excluding tert-OH is 1. The predicted molar refractivity (Wildman–Crippen MR) is 68.2 cm³/mol. The Balaban J connectivity index is 1.98. The molecule has 0 spiro atoms. The fraction of sp³-hybridized carbons (Fsp3) is 1.00. The molecule has 1 aliphatic rings. The van der Waals surface area contributed by atoms with Crippen LogP contribution in [0.25, 0.3) is 0 Å². The zero-order valence-electron chi connectivity index (χ0n) is 11.1. The maximum Gasteiger partial charge on any atom is 0.0593 e. The van der Waals surface area contributed by atoms with E-state index in [1.807, 2.05) is 0 Å². The van der Waals surface area contributed by atoms with Crippen LogP contribution in [0.4, 0.5) is 0 Å². The fourth-order valence-electron chi connectivity index (χ4n) is 2.37. The molecule has 1 heterocycles. The first-order valence-corrected chi connectivity index (χ1v) is 6.76. The van der Waals surface area contributed by atoms with Crippen LogP contribution in [0.3, 0.4) is 0 Å². The van der Waals surface area contributed by atoms with E-state index in [1.54, 1.807) is 7.11 Å². The van der Waals surface area contributed by atoms with E-state index in [0.29, 0.717) is 12.5 Å². The molecule has 1 fully saturated rings. The summed E-state index contributed by atoms with van der Waals surface area (Å²) in [6, 6.07) is 0. The van der Waals surface area contributed by atoms with E-state index in [-0.39, 0.29) is 0 Å². The molecular weight excluding hydrogens is 218 g/mol. The van der Waals surface area contributed by atoms with Gasteiger partial charge in [-0.3, -0.25) is 0 Å². The van der Waals surface area contributed by atoms with E-state index in [2.05, 4.69) is 4.90 Å². The summed E-state index contributed by atoms with van der Waals surface area (Å²) >= 11 is 0. The smallest absolute Gasteiger partial charge is 0.0593 e. The molecule has 0 amide bonds. The molecule has 0 aliphatic carbocycles. The SMILES string of the molecule is COCCCOCCN1CCCC(CCO)C1. The molecule has 4 heteroatoms. The van der Waals surface area contributed by atoms with Crippen molar-refractivity contribution in [2.45, 2.75) is 25.7 Å². The first-order valence-electron chi connectivity index (χ1n) is 6.76. The van der Waals surface area contributed by atoms with Crippen LogP contribution >= 0.6 is 0 Å². The van der Waals surface area contributed by atoms with Crippen molar-refractivity contribution in [3.63, 3.8) is 0 Å². The van der Waals surface area contributed by atoms with E-state index >= 15 is 0 Å². The van der Waals surface area contributed by atoms with Crippen molar-refractivity contribution in [2.75, 3.05) is 53.2 Å². The summed E-state index contributed by atoms with van der Waals surface area (Å²) in [4.78, 5) is 2.46. The maximum atomic E-state index is 8.95. The molecule has 0 radical (unpaired) electrons. The number of piperidine rings is 1. The van der Waals surface area contributed by atoms with Crippen molar-refractivity contribution in [3.8, 4) is 0 Å². The molecule has 0 bridgehead atoms. The van der Waals surface area contributed by atoms with Gasteiger partial charge in [-0.2, -0.15) is 0 Å². The predicted octanol–water partition coefficient (Wildman–Crippen LogP) is 1.13. The highest BCUT2D eigenvalue weighted by Gasteiger charge is 2.18. The number of rotatable bonds is 9. The van der Waals surface area contributed by atoms with Gasteiger partial charge in [0.25, 0.3) is 0 Å². The molecule has 0 saturated carbocycles. The lowest BCUT2D eigenvalue weighted by Crippen LogP contribution is -2.37. The van der Waals surface area contributed by atoms with Gasteiger partial charge in [0.2, 0.25) is 0 Å². The molecular formula is C13H27NO3. The van der Waals surface area contributed by atoms with Crippen molar-refractivity contribution < 1.29 is 14.6 Å². The first kappa shape index (κ1) is 14.9. The number of hydrogen-bond donors (Lipinski definition) is 1. The highest BCUT2D eigenvalue weighted by Crippen LogP contribution is 2.18. The quantitative estimate of drug-likeness (QED) is 0.618. The van der Waals surface area contributed by atoms with Crippen LogP contribution in [0, 0.1) is 5.92 Å². The number of hydrogen-bond acceptors (Lipinski definition) is 4. The number of ether oxygens (including phenoxy) is 2. The third-order valence-electron chi connectivity index (χ3n) is 3.33. The first-order chi connectivity index (χ1) is 8.36. The van der Waals surface area contributed by atoms with E-state index in [1.165, 1.54) is 19.4 Å². The fourth-order valence-corrected chi connectivity index (χ4v) is 2.37. The van der Waals surface area contributed by atoms with Crippen molar-refractivity contribution >= 4 is 0 Å². The third kappa shape index (κ3) is 6.99. The van der Waals surface area contributed by atoms with Crippen LogP contribution in [0.2, 0.25) is 0 Å². The van der Waals surface area contributed by atoms with Crippen LogP contribution in [-0.2, 0) is 9.47 Å². The van der Waals surface area contributed by atoms with Gasteiger partial charge in [0, 0.05) is 40.0 Å². The van der Waals surface area contributed by atoms with E-state index in [0.717, 1.165) is 45.8 Å². The molecule has 102 valence electrons. The highest BCUT2D eigenvalue weighted by atomic mass is 16.5. The van der Waals surface area contributed by atoms with Crippen LogP contribution < -0.4 is 0 Å². The molecule has 0 aromatic carbocycles. The minimum atomic E-state index is 0.325. The highest BCUT2D eigenvalue weighted by molar-refractivity contribution is 4.72. The van der Waals surface area contributed by atoms with Gasteiger partial charge in [-0.05, 0) is 38.1 Å². The summed E-state index contributed by atoms with van der Waals surface area (Å²) in [5.41, 5.74) is 0. The summed E-state index contributed by atoms with van der Waals surface area (Å²) in [5, 5.41) is 8.95. The molecule has 1 atom stereocenters. The Morgan fingerprint density at radius 1 is 1.29 bits per heavy atom. The van der Waals surface area contributed by atoms with Crippen molar-refractivity contribution in [3.05, 3.63) is 0 Å². The Bertz CT molecular complexity index is 176. The monoisotopic (exact) mass is 245 g/mol. The molecule has 1 aliphatic heterocycles. The molecule has 17 heavy (non-hydrogen) atoms. The van der Waals surface area contributed by atoms with Gasteiger partial charge in [0.15, 0.2) is 0 Å². The summed E-state index contributed by atoms with van der Waals surface area (Å²) in [5.74, 6) is 0.683. The molecule has 0 aromatic heterocycles. The Labute approximate surface area is 105 Å². The number of likely N-dealkylation sites (tertiary alicyclic amines) is 1. The number of methoxy groups -OCH3 is 1. The second-order valence-electron chi connectivity index (χ2n) is 4.78. The molecule has 1 unspecified atom stereocenters. The van der Waals surface area contributed by atoms with Crippen molar-refractivity contribution in [2.24, 2.45) is 5.92 Å².